The minimum atomic E-state index is -0.377. The van der Waals surface area contributed by atoms with Crippen LogP contribution in [0, 0.1) is 0 Å². The first-order valence-electron chi connectivity index (χ1n) is 6.14. The molecular weight excluding hydrogens is 200 g/mol. The van der Waals surface area contributed by atoms with Crippen LogP contribution >= 0.6 is 0 Å². The number of hydrogen-bond acceptors (Lipinski definition) is 2. The Hall–Kier alpha value is -0.860. The number of hydrogen-bond donors (Lipinski definition) is 1. The smallest absolute Gasteiger partial charge is 0.0690 e. The predicted octanol–water partition coefficient (Wildman–Crippen LogP) is 2.26. The molecule has 1 saturated heterocycles. The predicted molar refractivity (Wildman–Crippen MR) is 62.5 cm³/mol. The van der Waals surface area contributed by atoms with Crippen LogP contribution in [0.3, 0.4) is 0 Å². The summed E-state index contributed by atoms with van der Waals surface area (Å²) < 4.78 is 5.39. The van der Waals surface area contributed by atoms with Crippen molar-refractivity contribution in [1.29, 1.82) is 0 Å². The molecule has 3 rings (SSSR count). The SMILES string of the molecule is OC1(Cc2ccc(C3CCOC3)cc2)CC1. The Bertz CT molecular complexity index is 359. The van der Waals surface area contributed by atoms with E-state index in [4.69, 9.17) is 4.74 Å². The fourth-order valence-electron chi connectivity index (χ4n) is 2.41. The zero-order chi connectivity index (χ0) is 11.0. The molecule has 2 heteroatoms. The molecule has 1 unspecified atom stereocenters. The molecule has 1 aliphatic heterocycles. The molecule has 0 bridgehead atoms. The average Bonchev–Trinajstić information content (AvgIpc) is 2.83. The highest BCUT2D eigenvalue weighted by molar-refractivity contribution is 5.27. The Morgan fingerprint density at radius 1 is 1.25 bits per heavy atom. The molecule has 2 fully saturated rings. The van der Waals surface area contributed by atoms with E-state index in [9.17, 15) is 5.11 Å². The molecule has 86 valence electrons. The van der Waals surface area contributed by atoms with Crippen molar-refractivity contribution in [3.63, 3.8) is 0 Å². The third-order valence-electron chi connectivity index (χ3n) is 3.74. The van der Waals surface area contributed by atoms with Gasteiger partial charge in [0.2, 0.25) is 0 Å². The lowest BCUT2D eigenvalue weighted by molar-refractivity contribution is 0.151. The van der Waals surface area contributed by atoms with Crippen LogP contribution in [0.2, 0.25) is 0 Å². The summed E-state index contributed by atoms with van der Waals surface area (Å²) >= 11 is 0. The van der Waals surface area contributed by atoms with Gasteiger partial charge in [-0.1, -0.05) is 24.3 Å². The number of aliphatic hydroxyl groups is 1. The van der Waals surface area contributed by atoms with Gasteiger partial charge in [0.05, 0.1) is 12.2 Å². The lowest BCUT2D eigenvalue weighted by atomic mass is 9.96. The summed E-state index contributed by atoms with van der Waals surface area (Å²) in [5.74, 6) is 0.582. The Balaban J connectivity index is 1.69. The zero-order valence-corrected chi connectivity index (χ0v) is 9.48. The van der Waals surface area contributed by atoms with E-state index in [2.05, 4.69) is 24.3 Å². The maximum atomic E-state index is 9.84. The number of rotatable bonds is 3. The first kappa shape index (κ1) is 10.3. The molecule has 0 spiro atoms. The van der Waals surface area contributed by atoms with Crippen molar-refractivity contribution in [3.05, 3.63) is 35.4 Å². The largest absolute Gasteiger partial charge is 0.390 e. The monoisotopic (exact) mass is 218 g/mol. The van der Waals surface area contributed by atoms with E-state index in [-0.39, 0.29) is 5.60 Å². The average molecular weight is 218 g/mol. The maximum absolute atomic E-state index is 9.84. The highest BCUT2D eigenvalue weighted by atomic mass is 16.5. The van der Waals surface area contributed by atoms with Crippen molar-refractivity contribution < 1.29 is 9.84 Å². The molecule has 0 radical (unpaired) electrons. The molecule has 0 aromatic heterocycles. The van der Waals surface area contributed by atoms with Gasteiger partial charge in [-0.15, -0.1) is 0 Å². The van der Waals surface area contributed by atoms with Gasteiger partial charge in [-0.2, -0.15) is 0 Å². The Morgan fingerprint density at radius 2 is 2.00 bits per heavy atom. The highest BCUT2D eigenvalue weighted by Gasteiger charge is 2.40. The van der Waals surface area contributed by atoms with Crippen LogP contribution in [0.15, 0.2) is 24.3 Å². The minimum Gasteiger partial charge on any atom is -0.390 e. The van der Waals surface area contributed by atoms with Gasteiger partial charge in [0.25, 0.3) is 0 Å². The lowest BCUT2D eigenvalue weighted by Crippen LogP contribution is -2.10. The van der Waals surface area contributed by atoms with Gasteiger partial charge < -0.3 is 9.84 Å². The molecule has 2 aliphatic rings. The van der Waals surface area contributed by atoms with Crippen LogP contribution in [-0.4, -0.2) is 23.9 Å². The van der Waals surface area contributed by atoms with E-state index in [1.807, 2.05) is 0 Å². The summed E-state index contributed by atoms with van der Waals surface area (Å²) in [4.78, 5) is 0. The van der Waals surface area contributed by atoms with Crippen molar-refractivity contribution in [2.45, 2.75) is 37.2 Å². The summed E-state index contributed by atoms with van der Waals surface area (Å²) in [5.41, 5.74) is 2.25. The molecule has 1 atom stereocenters. The van der Waals surface area contributed by atoms with Crippen molar-refractivity contribution >= 4 is 0 Å². The Labute approximate surface area is 96.2 Å². The van der Waals surface area contributed by atoms with Crippen molar-refractivity contribution in [1.82, 2.24) is 0 Å². The molecule has 16 heavy (non-hydrogen) atoms. The third-order valence-corrected chi connectivity index (χ3v) is 3.74. The molecule has 1 aromatic rings. The maximum Gasteiger partial charge on any atom is 0.0690 e. The fourth-order valence-corrected chi connectivity index (χ4v) is 2.41. The lowest BCUT2D eigenvalue weighted by Gasteiger charge is -2.11. The van der Waals surface area contributed by atoms with Crippen LogP contribution in [0.1, 0.15) is 36.3 Å². The van der Waals surface area contributed by atoms with Gasteiger partial charge in [0.15, 0.2) is 0 Å². The molecule has 1 heterocycles. The van der Waals surface area contributed by atoms with Gasteiger partial charge in [-0.25, -0.2) is 0 Å². The van der Waals surface area contributed by atoms with Crippen LogP contribution < -0.4 is 0 Å². The summed E-state index contributed by atoms with van der Waals surface area (Å²) in [6, 6.07) is 8.70. The molecule has 1 aromatic carbocycles. The third kappa shape index (κ3) is 2.13. The van der Waals surface area contributed by atoms with Crippen molar-refractivity contribution in [2.24, 2.45) is 0 Å². The summed E-state index contributed by atoms with van der Waals surface area (Å²) in [7, 11) is 0. The van der Waals surface area contributed by atoms with Gasteiger partial charge in [-0.05, 0) is 30.4 Å². The molecule has 1 N–H and O–H groups in total. The van der Waals surface area contributed by atoms with E-state index in [1.165, 1.54) is 11.1 Å². The van der Waals surface area contributed by atoms with E-state index >= 15 is 0 Å². The number of benzene rings is 1. The van der Waals surface area contributed by atoms with Gasteiger partial charge >= 0.3 is 0 Å². The Morgan fingerprint density at radius 3 is 2.56 bits per heavy atom. The molecule has 1 aliphatic carbocycles. The number of ether oxygens (including phenoxy) is 1. The second-order valence-electron chi connectivity index (χ2n) is 5.20. The highest BCUT2D eigenvalue weighted by Crippen LogP contribution is 2.38. The van der Waals surface area contributed by atoms with E-state index in [0.717, 1.165) is 38.9 Å². The summed E-state index contributed by atoms with van der Waals surface area (Å²) in [5, 5.41) is 9.84. The quantitative estimate of drug-likeness (QED) is 0.843. The van der Waals surface area contributed by atoms with Crippen LogP contribution in [-0.2, 0) is 11.2 Å². The second-order valence-corrected chi connectivity index (χ2v) is 5.20. The molecule has 2 nitrogen and oxygen atoms in total. The van der Waals surface area contributed by atoms with Gasteiger partial charge in [-0.3, -0.25) is 0 Å². The van der Waals surface area contributed by atoms with Crippen LogP contribution in [0.25, 0.3) is 0 Å². The first-order valence-corrected chi connectivity index (χ1v) is 6.14. The second kappa shape index (κ2) is 3.86. The van der Waals surface area contributed by atoms with Gasteiger partial charge in [0.1, 0.15) is 0 Å². The van der Waals surface area contributed by atoms with Crippen LogP contribution in [0.4, 0.5) is 0 Å². The molecule has 0 amide bonds. The van der Waals surface area contributed by atoms with Crippen molar-refractivity contribution in [2.75, 3.05) is 13.2 Å². The fraction of sp³-hybridized carbons (Fsp3) is 0.571. The normalized spacial score (nSPS) is 26.9. The van der Waals surface area contributed by atoms with Crippen molar-refractivity contribution in [3.8, 4) is 0 Å². The molecular formula is C14H18O2. The minimum absolute atomic E-state index is 0.377. The standard InChI is InChI=1S/C14H18O2/c15-14(6-7-14)9-11-1-3-12(4-2-11)13-5-8-16-10-13/h1-4,13,15H,5-10H2. The first-order chi connectivity index (χ1) is 7.75. The van der Waals surface area contributed by atoms with E-state index in [1.54, 1.807) is 0 Å². The zero-order valence-electron chi connectivity index (χ0n) is 9.48. The van der Waals surface area contributed by atoms with E-state index in [0.29, 0.717) is 5.92 Å². The summed E-state index contributed by atoms with van der Waals surface area (Å²) in [6.07, 6.45) is 3.88. The molecule has 1 saturated carbocycles. The van der Waals surface area contributed by atoms with Gasteiger partial charge in [0, 0.05) is 18.9 Å². The topological polar surface area (TPSA) is 29.5 Å². The Kier molecular flexibility index (Phi) is 2.49. The van der Waals surface area contributed by atoms with E-state index < -0.39 is 0 Å². The summed E-state index contributed by atoms with van der Waals surface area (Å²) in [6.45, 7) is 1.76. The van der Waals surface area contributed by atoms with Crippen LogP contribution in [0.5, 0.6) is 0 Å².